The van der Waals surface area contributed by atoms with Crippen LogP contribution < -0.4 is 0 Å². The number of carbonyl (C=O) groups is 1. The summed E-state index contributed by atoms with van der Waals surface area (Å²) >= 11 is 0. The van der Waals surface area contributed by atoms with E-state index in [1.165, 1.54) is 0 Å². The molecule has 0 aliphatic heterocycles. The summed E-state index contributed by atoms with van der Waals surface area (Å²) in [6, 6.07) is 7.48. The zero-order chi connectivity index (χ0) is 13.7. The first-order valence-electron chi connectivity index (χ1n) is 5.90. The number of carboxylic acids is 1. The number of nitrogens with zero attached hydrogens (tertiary/aromatic N) is 2. The topological polar surface area (TPSA) is 83.3 Å². The number of aliphatic carboxylic acids is 1. The van der Waals surface area contributed by atoms with Crippen LogP contribution in [0.3, 0.4) is 0 Å². The van der Waals surface area contributed by atoms with Crippen molar-refractivity contribution in [2.75, 3.05) is 0 Å². The van der Waals surface area contributed by atoms with Gasteiger partial charge in [-0.05, 0) is 12.0 Å². The largest absolute Gasteiger partial charge is 0.481 e. The lowest BCUT2D eigenvalue weighted by Gasteiger charge is -2.08. The molecule has 1 aromatic carbocycles. The molecule has 1 heterocycles. The number of aliphatic hydroxyl groups is 1. The van der Waals surface area contributed by atoms with Gasteiger partial charge in [0.25, 0.3) is 0 Å². The molecule has 0 amide bonds. The molecule has 5 heteroatoms. The van der Waals surface area contributed by atoms with Crippen molar-refractivity contribution in [1.29, 1.82) is 0 Å². The summed E-state index contributed by atoms with van der Waals surface area (Å²) in [5, 5.41) is 18.1. The van der Waals surface area contributed by atoms with Crippen LogP contribution in [0, 0.1) is 0 Å². The summed E-state index contributed by atoms with van der Waals surface area (Å²) in [5.74, 6) is -0.997. The molecule has 0 saturated carbocycles. The van der Waals surface area contributed by atoms with Crippen molar-refractivity contribution in [3.63, 3.8) is 0 Å². The zero-order valence-corrected chi connectivity index (χ0v) is 10.2. The van der Waals surface area contributed by atoms with E-state index in [0.29, 0.717) is 6.42 Å². The average molecular weight is 258 g/mol. The van der Waals surface area contributed by atoms with E-state index in [-0.39, 0.29) is 6.42 Å². The predicted molar refractivity (Wildman–Crippen MR) is 69.4 cm³/mol. The maximum atomic E-state index is 10.5. The van der Waals surface area contributed by atoms with E-state index >= 15 is 0 Å². The molecule has 0 aliphatic rings. The molecule has 19 heavy (non-hydrogen) atoms. The van der Waals surface area contributed by atoms with Gasteiger partial charge in [-0.3, -0.25) is 14.8 Å². The highest BCUT2D eigenvalue weighted by atomic mass is 16.4. The molecule has 2 rings (SSSR count). The van der Waals surface area contributed by atoms with Crippen LogP contribution in [-0.2, 0) is 11.2 Å². The standard InChI is InChI=1S/C14H14N2O3/c17-12(8-14(18)19)7-10-1-3-11(4-2-10)13-9-15-5-6-16-13/h1-6,9,12,17H,7-8H2,(H,18,19). The van der Waals surface area contributed by atoms with Crippen molar-refractivity contribution in [2.45, 2.75) is 18.9 Å². The van der Waals surface area contributed by atoms with Crippen LogP contribution in [0.2, 0.25) is 0 Å². The summed E-state index contributed by atoms with van der Waals surface area (Å²) in [5.41, 5.74) is 2.60. The summed E-state index contributed by atoms with van der Waals surface area (Å²) in [6.07, 6.45) is 4.13. The lowest BCUT2D eigenvalue weighted by atomic mass is 10.0. The van der Waals surface area contributed by atoms with Crippen molar-refractivity contribution in [3.8, 4) is 11.3 Å². The predicted octanol–water partition coefficient (Wildman–Crippen LogP) is 1.52. The van der Waals surface area contributed by atoms with Gasteiger partial charge in [-0.25, -0.2) is 0 Å². The molecule has 2 N–H and O–H groups in total. The Morgan fingerprint density at radius 2 is 1.95 bits per heavy atom. The van der Waals surface area contributed by atoms with Crippen molar-refractivity contribution < 1.29 is 15.0 Å². The van der Waals surface area contributed by atoms with Gasteiger partial charge in [-0.2, -0.15) is 0 Å². The van der Waals surface area contributed by atoms with Crippen molar-refractivity contribution in [2.24, 2.45) is 0 Å². The van der Waals surface area contributed by atoms with Crippen LogP contribution in [0.15, 0.2) is 42.9 Å². The Kier molecular flexibility index (Phi) is 4.20. The van der Waals surface area contributed by atoms with Crippen molar-refractivity contribution >= 4 is 5.97 Å². The average Bonchev–Trinajstić information content (AvgIpc) is 2.39. The van der Waals surface area contributed by atoms with Gasteiger partial charge >= 0.3 is 5.97 Å². The van der Waals surface area contributed by atoms with E-state index < -0.39 is 12.1 Å². The lowest BCUT2D eigenvalue weighted by molar-refractivity contribution is -0.139. The third kappa shape index (κ3) is 3.86. The molecule has 2 aromatic rings. The Morgan fingerprint density at radius 3 is 2.53 bits per heavy atom. The highest BCUT2D eigenvalue weighted by Gasteiger charge is 2.10. The molecular weight excluding hydrogens is 244 g/mol. The quantitative estimate of drug-likeness (QED) is 0.849. The van der Waals surface area contributed by atoms with Crippen LogP contribution in [0.5, 0.6) is 0 Å². The van der Waals surface area contributed by atoms with Crippen LogP contribution >= 0.6 is 0 Å². The van der Waals surface area contributed by atoms with Crippen molar-refractivity contribution in [3.05, 3.63) is 48.4 Å². The van der Waals surface area contributed by atoms with Gasteiger partial charge in [0, 0.05) is 18.0 Å². The second-order valence-corrected chi connectivity index (χ2v) is 4.24. The maximum Gasteiger partial charge on any atom is 0.305 e. The van der Waals surface area contributed by atoms with Crippen LogP contribution in [0.4, 0.5) is 0 Å². The first-order valence-corrected chi connectivity index (χ1v) is 5.90. The van der Waals surface area contributed by atoms with Gasteiger partial charge in [0.2, 0.25) is 0 Å². The number of hydrogen-bond donors (Lipinski definition) is 2. The molecular formula is C14H14N2O3. The summed E-state index contributed by atoms with van der Waals surface area (Å²) < 4.78 is 0. The Hall–Kier alpha value is -2.27. The molecule has 1 unspecified atom stereocenters. The molecule has 0 fully saturated rings. The minimum atomic E-state index is -0.997. The van der Waals surface area contributed by atoms with E-state index in [4.69, 9.17) is 5.11 Å². The number of aliphatic hydroxyl groups excluding tert-OH is 1. The summed E-state index contributed by atoms with van der Waals surface area (Å²) in [6.45, 7) is 0. The van der Waals surface area contributed by atoms with E-state index in [1.807, 2.05) is 24.3 Å². The van der Waals surface area contributed by atoms with Crippen molar-refractivity contribution in [1.82, 2.24) is 9.97 Å². The number of benzene rings is 1. The second kappa shape index (κ2) is 6.06. The molecule has 0 aliphatic carbocycles. The second-order valence-electron chi connectivity index (χ2n) is 4.24. The summed E-state index contributed by atoms with van der Waals surface area (Å²) in [4.78, 5) is 18.6. The number of carboxylic acid groups (broad SMARTS) is 1. The van der Waals surface area contributed by atoms with E-state index in [1.54, 1.807) is 18.6 Å². The first-order chi connectivity index (χ1) is 9.15. The van der Waals surface area contributed by atoms with E-state index in [2.05, 4.69) is 9.97 Å². The van der Waals surface area contributed by atoms with E-state index in [0.717, 1.165) is 16.8 Å². The molecule has 98 valence electrons. The minimum absolute atomic E-state index is 0.244. The third-order valence-electron chi connectivity index (χ3n) is 2.69. The molecule has 0 saturated heterocycles. The first kappa shape index (κ1) is 13.2. The van der Waals surface area contributed by atoms with Gasteiger partial charge in [0.05, 0.1) is 24.4 Å². The zero-order valence-electron chi connectivity index (χ0n) is 10.2. The molecule has 0 bridgehead atoms. The number of rotatable bonds is 5. The van der Waals surface area contributed by atoms with Gasteiger partial charge in [0.1, 0.15) is 0 Å². The Labute approximate surface area is 110 Å². The SMILES string of the molecule is O=C(O)CC(O)Cc1ccc(-c2cnccn2)cc1. The molecule has 0 spiro atoms. The number of hydrogen-bond acceptors (Lipinski definition) is 4. The fraction of sp³-hybridized carbons (Fsp3) is 0.214. The minimum Gasteiger partial charge on any atom is -0.481 e. The van der Waals surface area contributed by atoms with Crippen LogP contribution in [-0.4, -0.2) is 32.3 Å². The highest BCUT2D eigenvalue weighted by molar-refractivity contribution is 5.67. The molecule has 1 aromatic heterocycles. The van der Waals surface area contributed by atoms with Gasteiger partial charge in [0.15, 0.2) is 0 Å². The van der Waals surface area contributed by atoms with Crippen LogP contribution in [0.25, 0.3) is 11.3 Å². The summed E-state index contributed by atoms with van der Waals surface area (Å²) in [7, 11) is 0. The van der Waals surface area contributed by atoms with Crippen LogP contribution in [0.1, 0.15) is 12.0 Å². The Bertz CT molecular complexity index is 540. The molecule has 1 atom stereocenters. The maximum absolute atomic E-state index is 10.5. The van der Waals surface area contributed by atoms with Gasteiger partial charge in [-0.1, -0.05) is 24.3 Å². The lowest BCUT2D eigenvalue weighted by Crippen LogP contribution is -2.15. The Balaban J connectivity index is 2.05. The number of aromatic nitrogens is 2. The molecule has 5 nitrogen and oxygen atoms in total. The van der Waals surface area contributed by atoms with Gasteiger partial charge in [-0.15, -0.1) is 0 Å². The fourth-order valence-corrected chi connectivity index (χ4v) is 1.81. The van der Waals surface area contributed by atoms with Gasteiger partial charge < -0.3 is 10.2 Å². The fourth-order valence-electron chi connectivity index (χ4n) is 1.81. The Morgan fingerprint density at radius 1 is 1.21 bits per heavy atom. The smallest absolute Gasteiger partial charge is 0.305 e. The third-order valence-corrected chi connectivity index (χ3v) is 2.69. The normalized spacial score (nSPS) is 12.1. The molecule has 0 radical (unpaired) electrons. The highest BCUT2D eigenvalue weighted by Crippen LogP contribution is 2.17. The monoisotopic (exact) mass is 258 g/mol. The van der Waals surface area contributed by atoms with E-state index in [9.17, 15) is 9.90 Å².